The molecule has 5 nitrogen and oxygen atoms in total. The molecule has 2 aromatic rings. The van der Waals surface area contributed by atoms with Crippen LogP contribution in [0.15, 0.2) is 58.8 Å². The van der Waals surface area contributed by atoms with Gasteiger partial charge in [0.15, 0.2) is 0 Å². The number of benzene rings is 2. The van der Waals surface area contributed by atoms with Crippen molar-refractivity contribution in [1.29, 1.82) is 0 Å². The lowest BCUT2D eigenvalue weighted by molar-refractivity contribution is -0.137. The highest BCUT2D eigenvalue weighted by molar-refractivity contribution is 6.47. The lowest BCUT2D eigenvalue weighted by Crippen LogP contribution is -2.13. The minimum absolute atomic E-state index is 0.300. The van der Waals surface area contributed by atoms with Crippen molar-refractivity contribution in [2.75, 3.05) is 14.2 Å². The Hall–Kier alpha value is -3.03. The number of oxime groups is 2. The molecular weight excluding hydrogens is 349 g/mol. The normalized spacial score (nSPS) is 12.7. The van der Waals surface area contributed by atoms with E-state index in [0.717, 1.165) is 12.1 Å². The van der Waals surface area contributed by atoms with Crippen LogP contribution in [0.5, 0.6) is 11.5 Å². The molecule has 0 amide bonds. The van der Waals surface area contributed by atoms with Crippen LogP contribution < -0.4 is 4.74 Å². The highest BCUT2D eigenvalue weighted by atomic mass is 19.4. The summed E-state index contributed by atoms with van der Waals surface area (Å²) in [4.78, 5) is 9.55. The van der Waals surface area contributed by atoms with Crippen molar-refractivity contribution in [3.05, 3.63) is 59.7 Å². The zero-order chi connectivity index (χ0) is 19.2. The summed E-state index contributed by atoms with van der Waals surface area (Å²) in [5, 5.41) is 7.74. The summed E-state index contributed by atoms with van der Waals surface area (Å²) in [6, 6.07) is 11.3. The van der Waals surface area contributed by atoms with Gasteiger partial charge in [0, 0.05) is 5.56 Å². The van der Waals surface area contributed by atoms with Crippen molar-refractivity contribution in [1.82, 2.24) is 0 Å². The van der Waals surface area contributed by atoms with Crippen molar-refractivity contribution in [3.63, 3.8) is 0 Å². The van der Waals surface area contributed by atoms with Gasteiger partial charge in [-0.25, -0.2) is 0 Å². The summed E-state index contributed by atoms with van der Waals surface area (Å²) < 4.78 is 43.3. The standard InChI is InChI=1S/C18H17F3N2O3/c1-12(22-24-2)17(23-25-3)13-4-8-15(9-5-13)26-16-10-6-14(7-11-16)18(19,20)21/h4-11H,1-3H3. The van der Waals surface area contributed by atoms with Crippen molar-refractivity contribution in [2.45, 2.75) is 13.1 Å². The van der Waals surface area contributed by atoms with Crippen LogP contribution in [0.1, 0.15) is 18.1 Å². The molecule has 0 radical (unpaired) electrons. The van der Waals surface area contributed by atoms with E-state index in [1.165, 1.54) is 26.4 Å². The molecule has 0 aliphatic rings. The average Bonchev–Trinajstić information content (AvgIpc) is 2.60. The number of alkyl halides is 3. The molecule has 0 atom stereocenters. The Balaban J connectivity index is 2.16. The van der Waals surface area contributed by atoms with Crippen LogP contribution in [0.4, 0.5) is 13.2 Å². The molecule has 0 spiro atoms. The van der Waals surface area contributed by atoms with E-state index in [1.807, 2.05) is 0 Å². The first-order valence-corrected chi connectivity index (χ1v) is 7.50. The van der Waals surface area contributed by atoms with Gasteiger partial charge in [0.25, 0.3) is 0 Å². The Morgan fingerprint density at radius 2 is 1.31 bits per heavy atom. The number of rotatable bonds is 6. The molecule has 0 aliphatic carbocycles. The van der Waals surface area contributed by atoms with Gasteiger partial charge in [-0.1, -0.05) is 10.3 Å². The van der Waals surface area contributed by atoms with Gasteiger partial charge in [0.1, 0.15) is 37.1 Å². The van der Waals surface area contributed by atoms with Crippen LogP contribution in [-0.4, -0.2) is 25.6 Å². The first kappa shape index (κ1) is 19.3. The van der Waals surface area contributed by atoms with E-state index in [9.17, 15) is 13.2 Å². The van der Waals surface area contributed by atoms with E-state index in [0.29, 0.717) is 28.5 Å². The second-order valence-electron chi connectivity index (χ2n) is 5.13. The molecule has 2 rings (SSSR count). The van der Waals surface area contributed by atoms with Crippen LogP contribution >= 0.6 is 0 Å². The zero-order valence-corrected chi connectivity index (χ0v) is 14.4. The molecule has 0 aliphatic heterocycles. The maximum atomic E-state index is 12.6. The summed E-state index contributed by atoms with van der Waals surface area (Å²) in [7, 11) is 2.84. The van der Waals surface area contributed by atoms with Crippen LogP contribution in [0.2, 0.25) is 0 Å². The van der Waals surface area contributed by atoms with Crippen molar-refractivity contribution >= 4 is 11.4 Å². The SMILES string of the molecule is CON=C(C)C(=NOC)c1ccc(Oc2ccc(C(F)(F)F)cc2)cc1. The molecule has 0 aromatic heterocycles. The van der Waals surface area contributed by atoms with Crippen LogP contribution in [-0.2, 0) is 15.9 Å². The minimum Gasteiger partial charge on any atom is -0.457 e. The van der Waals surface area contributed by atoms with Gasteiger partial charge in [0.05, 0.1) is 5.56 Å². The monoisotopic (exact) mass is 366 g/mol. The van der Waals surface area contributed by atoms with Crippen molar-refractivity contribution in [3.8, 4) is 11.5 Å². The van der Waals surface area contributed by atoms with Gasteiger partial charge < -0.3 is 14.4 Å². The third-order valence-electron chi connectivity index (χ3n) is 3.30. The van der Waals surface area contributed by atoms with E-state index in [1.54, 1.807) is 31.2 Å². The summed E-state index contributed by atoms with van der Waals surface area (Å²) in [5.41, 5.74) is 0.986. The number of ether oxygens (including phenoxy) is 1. The van der Waals surface area contributed by atoms with Crippen molar-refractivity contribution in [2.24, 2.45) is 10.3 Å². The summed E-state index contributed by atoms with van der Waals surface area (Å²) in [5.74, 6) is 0.764. The third-order valence-corrected chi connectivity index (χ3v) is 3.30. The molecule has 0 heterocycles. The van der Waals surface area contributed by atoms with Crippen LogP contribution in [0.25, 0.3) is 0 Å². The quantitative estimate of drug-likeness (QED) is 0.541. The molecule has 0 N–H and O–H groups in total. The molecule has 0 bridgehead atoms. The lowest BCUT2D eigenvalue weighted by Gasteiger charge is -2.10. The van der Waals surface area contributed by atoms with Gasteiger partial charge in [-0.2, -0.15) is 13.2 Å². The van der Waals surface area contributed by atoms with E-state index < -0.39 is 11.7 Å². The molecule has 0 fully saturated rings. The first-order chi connectivity index (χ1) is 12.3. The van der Waals surface area contributed by atoms with Gasteiger partial charge >= 0.3 is 6.18 Å². The number of hydrogen-bond donors (Lipinski definition) is 0. The number of hydrogen-bond acceptors (Lipinski definition) is 5. The second-order valence-corrected chi connectivity index (χ2v) is 5.13. The molecule has 0 saturated heterocycles. The molecule has 0 unspecified atom stereocenters. The maximum Gasteiger partial charge on any atom is 0.416 e. The number of nitrogens with zero attached hydrogens (tertiary/aromatic N) is 2. The predicted octanol–water partition coefficient (Wildman–Crippen LogP) is 4.87. The molecule has 0 saturated carbocycles. The molecule has 26 heavy (non-hydrogen) atoms. The Kier molecular flexibility index (Phi) is 6.21. The van der Waals surface area contributed by atoms with E-state index >= 15 is 0 Å². The fraction of sp³-hybridized carbons (Fsp3) is 0.222. The Bertz CT molecular complexity index is 783. The van der Waals surface area contributed by atoms with Crippen LogP contribution in [0, 0.1) is 0 Å². The third kappa shape index (κ3) is 4.98. The number of halogens is 3. The average molecular weight is 366 g/mol. The summed E-state index contributed by atoms with van der Waals surface area (Å²) in [6.07, 6.45) is -4.38. The largest absolute Gasteiger partial charge is 0.457 e. The predicted molar refractivity (Wildman–Crippen MR) is 91.6 cm³/mol. The van der Waals surface area contributed by atoms with E-state index in [2.05, 4.69) is 10.3 Å². The fourth-order valence-corrected chi connectivity index (χ4v) is 2.13. The van der Waals surface area contributed by atoms with Crippen molar-refractivity contribution < 1.29 is 27.6 Å². The Labute approximate surface area is 148 Å². The van der Waals surface area contributed by atoms with Gasteiger partial charge in [-0.05, 0) is 55.5 Å². The fourth-order valence-electron chi connectivity index (χ4n) is 2.13. The smallest absolute Gasteiger partial charge is 0.416 e. The highest BCUT2D eigenvalue weighted by Gasteiger charge is 2.30. The van der Waals surface area contributed by atoms with E-state index in [4.69, 9.17) is 14.4 Å². The molecule has 8 heteroatoms. The zero-order valence-electron chi connectivity index (χ0n) is 14.4. The highest BCUT2D eigenvalue weighted by Crippen LogP contribution is 2.31. The van der Waals surface area contributed by atoms with Gasteiger partial charge in [-0.3, -0.25) is 0 Å². The molecule has 2 aromatic carbocycles. The second kappa shape index (κ2) is 8.37. The lowest BCUT2D eigenvalue weighted by atomic mass is 10.1. The maximum absolute atomic E-state index is 12.6. The van der Waals surface area contributed by atoms with E-state index in [-0.39, 0.29) is 0 Å². The van der Waals surface area contributed by atoms with Gasteiger partial charge in [0.2, 0.25) is 0 Å². The minimum atomic E-state index is -4.38. The Morgan fingerprint density at radius 3 is 1.77 bits per heavy atom. The van der Waals surface area contributed by atoms with Crippen LogP contribution in [0.3, 0.4) is 0 Å². The summed E-state index contributed by atoms with van der Waals surface area (Å²) >= 11 is 0. The molecular formula is C18H17F3N2O3. The summed E-state index contributed by atoms with van der Waals surface area (Å²) in [6.45, 7) is 1.72. The molecule has 138 valence electrons. The topological polar surface area (TPSA) is 52.4 Å². The van der Waals surface area contributed by atoms with Gasteiger partial charge in [-0.15, -0.1) is 0 Å². The first-order valence-electron chi connectivity index (χ1n) is 7.50. The Morgan fingerprint density at radius 1 is 0.808 bits per heavy atom.